The summed E-state index contributed by atoms with van der Waals surface area (Å²) < 4.78 is 104. The van der Waals surface area contributed by atoms with E-state index in [1.165, 1.54) is 69.8 Å². The van der Waals surface area contributed by atoms with Crippen LogP contribution in [0.2, 0.25) is 0 Å². The first-order chi connectivity index (χ1) is 26.0. The molecule has 0 aliphatic heterocycles. The molecule has 1 amide bonds. The summed E-state index contributed by atoms with van der Waals surface area (Å²) in [5.74, 6) is -3.05. The monoisotopic (exact) mass is 825 g/mol. The van der Waals surface area contributed by atoms with Gasteiger partial charge in [0.2, 0.25) is 5.91 Å². The van der Waals surface area contributed by atoms with E-state index < -0.39 is 90.9 Å². The van der Waals surface area contributed by atoms with Crippen LogP contribution >= 0.6 is 0 Å². The van der Waals surface area contributed by atoms with Gasteiger partial charge in [-0.15, -0.1) is 0 Å². The van der Waals surface area contributed by atoms with Crippen molar-refractivity contribution in [1.82, 2.24) is 4.57 Å². The van der Waals surface area contributed by atoms with Gasteiger partial charge in [0, 0.05) is 35.0 Å². The van der Waals surface area contributed by atoms with Gasteiger partial charge < -0.3 is 15.2 Å². The molecule has 5 aromatic rings. The van der Waals surface area contributed by atoms with Gasteiger partial charge in [0.25, 0.3) is 35.9 Å². The Balaban J connectivity index is 0.00000194. The molecule has 0 unspecified atom stereocenters. The number of anilines is 3. The number of aryl methyl sites for hydroxylation is 1. The second-order valence-electron chi connectivity index (χ2n) is 13.0. The summed E-state index contributed by atoms with van der Waals surface area (Å²) in [5.41, 5.74) is -2.79. The summed E-state index contributed by atoms with van der Waals surface area (Å²) in [6, 6.07) is 14.2. The number of benzene rings is 4. The zero-order chi connectivity index (χ0) is 41.7. The molecule has 1 heterocycles. The third kappa shape index (κ3) is 7.77. The van der Waals surface area contributed by atoms with E-state index in [0.717, 1.165) is 22.8 Å². The normalized spacial score (nSPS) is 12.5. The molecule has 1 aliphatic carbocycles. The summed E-state index contributed by atoms with van der Waals surface area (Å²) in [4.78, 5) is 52.3. The van der Waals surface area contributed by atoms with E-state index >= 15 is 0 Å². The van der Waals surface area contributed by atoms with E-state index in [0.29, 0.717) is 6.07 Å². The zero-order valence-electron chi connectivity index (χ0n) is 30.3. The molecule has 0 fully saturated rings. The molecular formula is C37H35N3O13S3. The topological polar surface area (TPSA) is 260 Å². The van der Waals surface area contributed by atoms with Crippen LogP contribution in [0.4, 0.5) is 17.1 Å². The van der Waals surface area contributed by atoms with Crippen LogP contribution in [-0.2, 0) is 42.2 Å². The lowest BCUT2D eigenvalue weighted by molar-refractivity contribution is -0.118. The first-order valence-corrected chi connectivity index (χ1v) is 21.0. The van der Waals surface area contributed by atoms with Crippen LogP contribution in [-0.4, -0.2) is 61.0 Å². The van der Waals surface area contributed by atoms with E-state index in [-0.39, 0.29) is 44.4 Å². The van der Waals surface area contributed by atoms with Crippen molar-refractivity contribution in [3.05, 3.63) is 105 Å². The second-order valence-corrected chi connectivity index (χ2v) is 17.2. The standard InChI is InChI=1S/C34H27N3O13S3.C3H8/c1-16(2)33(40)36-23-14-22(25(52(45,46)47)15-26(23)53(48,49)50)35-21-11-12-24-29-27(19-9-4-5-10-20(19)32(39)28(21)29)30(34(41)37(24)3)31(38)17-7-6-8-18(13-17)51(42,43)44;1-3-2/h4-16,35H,1-3H3,(H,36,40)(H,42,43,44)(H,45,46,47)(H,48,49,50);3H2,1-2H3. The second kappa shape index (κ2) is 15.2. The van der Waals surface area contributed by atoms with Crippen molar-refractivity contribution in [2.24, 2.45) is 13.0 Å². The van der Waals surface area contributed by atoms with E-state index in [2.05, 4.69) is 24.5 Å². The molecule has 19 heteroatoms. The van der Waals surface area contributed by atoms with Crippen molar-refractivity contribution in [3.8, 4) is 11.1 Å². The maximum absolute atomic E-state index is 14.3. The van der Waals surface area contributed by atoms with Crippen LogP contribution in [0, 0.1) is 5.92 Å². The van der Waals surface area contributed by atoms with Crippen LogP contribution in [0.25, 0.3) is 22.0 Å². The number of hydrogen-bond donors (Lipinski definition) is 5. The molecule has 4 aromatic carbocycles. The minimum Gasteiger partial charge on any atom is -0.354 e. The number of nitrogens with one attached hydrogen (secondary N) is 2. The van der Waals surface area contributed by atoms with Gasteiger partial charge in [0.1, 0.15) is 9.79 Å². The molecule has 0 saturated carbocycles. The SMILES string of the molecule is CC(C)C(=O)Nc1cc(Nc2ccc3c4c2C(=O)c2ccccc2-c4c(C(=O)c2cccc(S(=O)(=O)O)c2)c(=O)n3C)c(S(=O)(=O)O)cc1S(=O)(=O)O.CCC. The Bertz CT molecular complexity index is 2900. The first kappa shape index (κ1) is 41.6. The van der Waals surface area contributed by atoms with Crippen LogP contribution in [0.1, 0.15) is 66.0 Å². The van der Waals surface area contributed by atoms with Crippen molar-refractivity contribution in [2.45, 2.75) is 48.8 Å². The largest absolute Gasteiger partial charge is 0.354 e. The fourth-order valence-electron chi connectivity index (χ4n) is 6.03. The molecule has 16 nitrogen and oxygen atoms in total. The Morgan fingerprint density at radius 1 is 0.714 bits per heavy atom. The van der Waals surface area contributed by atoms with Crippen molar-refractivity contribution >= 4 is 75.8 Å². The molecule has 0 bridgehead atoms. The summed E-state index contributed by atoms with van der Waals surface area (Å²) in [7, 11) is -13.9. The van der Waals surface area contributed by atoms with E-state index in [1.807, 2.05) is 0 Å². The Morgan fingerprint density at radius 3 is 1.88 bits per heavy atom. The third-order valence-electron chi connectivity index (χ3n) is 8.54. The predicted octanol–water partition coefficient (Wildman–Crippen LogP) is 5.48. The number of pyridine rings is 1. The number of nitrogens with zero attached hydrogens (tertiary/aromatic N) is 1. The van der Waals surface area contributed by atoms with Gasteiger partial charge in [0.15, 0.2) is 11.6 Å². The number of fused-ring (bicyclic) bond motifs is 2. The summed E-state index contributed by atoms with van der Waals surface area (Å²) >= 11 is 0. The molecule has 0 radical (unpaired) electrons. The highest BCUT2D eigenvalue weighted by molar-refractivity contribution is 7.87. The Morgan fingerprint density at radius 2 is 1.30 bits per heavy atom. The average Bonchev–Trinajstić information content (AvgIpc) is 3.11. The van der Waals surface area contributed by atoms with Crippen molar-refractivity contribution in [3.63, 3.8) is 0 Å². The fraction of sp³-hybridized carbons (Fsp3) is 0.189. The van der Waals surface area contributed by atoms with Gasteiger partial charge >= 0.3 is 0 Å². The van der Waals surface area contributed by atoms with Crippen molar-refractivity contribution < 1.29 is 53.3 Å². The van der Waals surface area contributed by atoms with Gasteiger partial charge in [-0.25, -0.2) is 0 Å². The van der Waals surface area contributed by atoms with E-state index in [4.69, 9.17) is 0 Å². The lowest BCUT2D eigenvalue weighted by Crippen LogP contribution is -2.29. The van der Waals surface area contributed by atoms with Crippen LogP contribution in [0.15, 0.2) is 92.3 Å². The number of rotatable bonds is 9. The minimum atomic E-state index is -5.28. The molecule has 0 saturated heterocycles. The van der Waals surface area contributed by atoms with Crippen molar-refractivity contribution in [1.29, 1.82) is 0 Å². The average molecular weight is 826 g/mol. The van der Waals surface area contributed by atoms with E-state index in [9.17, 15) is 58.1 Å². The summed E-state index contributed by atoms with van der Waals surface area (Å²) in [5, 5.41) is 5.05. The van der Waals surface area contributed by atoms with Gasteiger partial charge in [-0.05, 0) is 42.0 Å². The maximum atomic E-state index is 14.3. The highest BCUT2D eigenvalue weighted by Gasteiger charge is 2.35. The number of hydrogen-bond acceptors (Lipinski definition) is 11. The highest BCUT2D eigenvalue weighted by Crippen LogP contribution is 2.45. The fourth-order valence-corrected chi connectivity index (χ4v) is 7.95. The van der Waals surface area contributed by atoms with Gasteiger partial charge in [-0.1, -0.05) is 70.5 Å². The van der Waals surface area contributed by atoms with Crippen LogP contribution in [0.3, 0.4) is 0 Å². The quantitative estimate of drug-likeness (QED) is 0.0894. The zero-order valence-corrected chi connectivity index (χ0v) is 32.8. The Labute approximate surface area is 321 Å². The molecule has 56 heavy (non-hydrogen) atoms. The van der Waals surface area contributed by atoms with Gasteiger partial charge in [0.05, 0.1) is 38.6 Å². The first-order valence-electron chi connectivity index (χ1n) is 16.7. The van der Waals surface area contributed by atoms with Crippen molar-refractivity contribution in [2.75, 3.05) is 10.6 Å². The lowest BCUT2D eigenvalue weighted by atomic mass is 9.80. The van der Waals surface area contributed by atoms with Crippen LogP contribution < -0.4 is 16.2 Å². The molecule has 1 aromatic heterocycles. The number of carbonyl (C=O) groups is 3. The summed E-state index contributed by atoms with van der Waals surface area (Å²) in [6.07, 6.45) is 1.25. The number of carbonyl (C=O) groups excluding carboxylic acids is 3. The highest BCUT2D eigenvalue weighted by atomic mass is 32.2. The summed E-state index contributed by atoms with van der Waals surface area (Å²) in [6.45, 7) is 7.21. The number of amides is 1. The van der Waals surface area contributed by atoms with Gasteiger partial charge in [-0.2, -0.15) is 25.3 Å². The molecule has 6 rings (SSSR count). The van der Waals surface area contributed by atoms with Crippen LogP contribution in [0.5, 0.6) is 0 Å². The third-order valence-corrected chi connectivity index (χ3v) is 11.2. The molecule has 5 N–H and O–H groups in total. The Kier molecular flexibility index (Phi) is 11.3. The molecule has 0 atom stereocenters. The molecular weight excluding hydrogens is 791 g/mol. The minimum absolute atomic E-state index is 0.00569. The number of aromatic nitrogens is 1. The number of ketones is 2. The lowest BCUT2D eigenvalue weighted by Gasteiger charge is -2.26. The molecule has 294 valence electrons. The van der Waals surface area contributed by atoms with Gasteiger partial charge in [-0.3, -0.25) is 32.8 Å². The maximum Gasteiger partial charge on any atom is 0.296 e. The van der Waals surface area contributed by atoms with E-state index in [1.54, 1.807) is 6.07 Å². The molecule has 1 aliphatic rings. The predicted molar refractivity (Wildman–Crippen MR) is 207 cm³/mol. The Hall–Kier alpha value is -5.57. The molecule has 0 spiro atoms. The smallest absolute Gasteiger partial charge is 0.296 e.